The molecule has 0 N–H and O–H groups in total. The van der Waals surface area contributed by atoms with E-state index in [-0.39, 0.29) is 25.0 Å². The number of hydrogen-bond donors (Lipinski definition) is 0. The molecule has 194 valence electrons. The normalized spacial score (nSPS) is 19.6. The van der Waals surface area contributed by atoms with E-state index in [0.29, 0.717) is 29.2 Å². The molecule has 1 fully saturated rings. The van der Waals surface area contributed by atoms with Gasteiger partial charge in [-0.2, -0.15) is 0 Å². The number of para-hydroxylation sites is 2. The number of fused-ring (bicyclic) bond motifs is 2. The molecule has 2 amide bonds. The standard InChI is InChI=1S/C30H28ClN3O4/c31-22(17-21-7-2-1-3-8-21)18-32-13-15-33(16-14-32)25-10-6-9-24-28(25)30(36)34(29(24)35)19-23-20-37-26-11-4-5-12-27(26)38-23/h1-12,17,23H,13-16,18-20H2/b22-17-/t23-/m1/s1. The van der Waals surface area contributed by atoms with Gasteiger partial charge in [0, 0.05) is 37.8 Å². The Morgan fingerprint density at radius 1 is 0.868 bits per heavy atom. The highest BCUT2D eigenvalue weighted by atomic mass is 35.5. The van der Waals surface area contributed by atoms with Crippen LogP contribution in [-0.4, -0.2) is 73.6 Å². The Balaban J connectivity index is 1.11. The summed E-state index contributed by atoms with van der Waals surface area (Å²) in [4.78, 5) is 32.6. The van der Waals surface area contributed by atoms with E-state index in [0.717, 1.165) is 42.5 Å². The van der Waals surface area contributed by atoms with E-state index in [1.807, 2.05) is 72.8 Å². The van der Waals surface area contributed by atoms with Crippen LogP contribution in [0.3, 0.4) is 0 Å². The second-order valence-electron chi connectivity index (χ2n) is 9.68. The van der Waals surface area contributed by atoms with Gasteiger partial charge in [0.1, 0.15) is 6.61 Å². The summed E-state index contributed by atoms with van der Waals surface area (Å²) in [5.74, 6) is 0.729. The molecule has 8 heteroatoms. The Hall–Kier alpha value is -3.81. The van der Waals surface area contributed by atoms with Crippen molar-refractivity contribution >= 4 is 35.2 Å². The van der Waals surface area contributed by atoms with Gasteiger partial charge in [0.2, 0.25) is 0 Å². The van der Waals surface area contributed by atoms with Crippen molar-refractivity contribution < 1.29 is 19.1 Å². The Labute approximate surface area is 226 Å². The molecule has 0 aliphatic carbocycles. The Bertz CT molecular complexity index is 1390. The molecule has 3 aromatic rings. The van der Waals surface area contributed by atoms with Crippen LogP contribution in [-0.2, 0) is 0 Å². The molecule has 3 heterocycles. The minimum Gasteiger partial charge on any atom is -0.486 e. The number of carbonyl (C=O) groups excluding carboxylic acids is 2. The first-order chi connectivity index (χ1) is 18.6. The summed E-state index contributed by atoms with van der Waals surface area (Å²) in [5, 5.41) is 0.790. The van der Waals surface area contributed by atoms with Crippen molar-refractivity contribution in [2.24, 2.45) is 0 Å². The maximum Gasteiger partial charge on any atom is 0.263 e. The number of ether oxygens (including phenoxy) is 2. The second-order valence-corrected chi connectivity index (χ2v) is 10.2. The molecule has 1 saturated heterocycles. The fourth-order valence-corrected chi connectivity index (χ4v) is 5.53. The van der Waals surface area contributed by atoms with Gasteiger partial charge in [-0.3, -0.25) is 19.4 Å². The van der Waals surface area contributed by atoms with E-state index in [9.17, 15) is 9.59 Å². The first-order valence-electron chi connectivity index (χ1n) is 12.8. The number of rotatable bonds is 6. The lowest BCUT2D eigenvalue weighted by Crippen LogP contribution is -2.47. The molecule has 6 rings (SSSR count). The molecule has 0 spiro atoms. The monoisotopic (exact) mass is 529 g/mol. The van der Waals surface area contributed by atoms with Crippen LogP contribution >= 0.6 is 11.6 Å². The van der Waals surface area contributed by atoms with Crippen LogP contribution in [0.1, 0.15) is 26.3 Å². The number of carbonyl (C=O) groups is 2. The highest BCUT2D eigenvalue weighted by Gasteiger charge is 2.40. The minimum atomic E-state index is -0.423. The molecule has 0 unspecified atom stereocenters. The van der Waals surface area contributed by atoms with Gasteiger partial charge in [-0.15, -0.1) is 0 Å². The van der Waals surface area contributed by atoms with Crippen LogP contribution in [0, 0.1) is 0 Å². The molecule has 0 saturated carbocycles. The lowest BCUT2D eigenvalue weighted by Gasteiger charge is -2.36. The number of benzene rings is 3. The molecule has 7 nitrogen and oxygen atoms in total. The van der Waals surface area contributed by atoms with Crippen molar-refractivity contribution in [3.63, 3.8) is 0 Å². The minimum absolute atomic E-state index is 0.139. The molecule has 3 aliphatic rings. The average Bonchev–Trinajstić information content (AvgIpc) is 3.19. The van der Waals surface area contributed by atoms with Crippen molar-refractivity contribution in [1.82, 2.24) is 9.80 Å². The van der Waals surface area contributed by atoms with Crippen LogP contribution in [0.4, 0.5) is 5.69 Å². The maximum absolute atomic E-state index is 13.5. The van der Waals surface area contributed by atoms with E-state index >= 15 is 0 Å². The molecular formula is C30H28ClN3O4. The van der Waals surface area contributed by atoms with Gasteiger partial charge in [0.05, 0.1) is 23.4 Å². The molecule has 38 heavy (non-hydrogen) atoms. The number of hydrogen-bond acceptors (Lipinski definition) is 6. The summed E-state index contributed by atoms with van der Waals surface area (Å²) in [5.41, 5.74) is 2.81. The van der Waals surface area contributed by atoms with E-state index in [1.54, 1.807) is 6.07 Å². The number of imide groups is 1. The summed E-state index contributed by atoms with van der Waals surface area (Å²) in [6, 6.07) is 23.0. The highest BCUT2D eigenvalue weighted by molar-refractivity contribution is 6.31. The van der Waals surface area contributed by atoms with Gasteiger partial charge in [-0.1, -0.05) is 60.1 Å². The van der Waals surface area contributed by atoms with Gasteiger partial charge in [-0.25, -0.2) is 0 Å². The number of nitrogens with zero attached hydrogens (tertiary/aromatic N) is 3. The largest absolute Gasteiger partial charge is 0.486 e. The van der Waals surface area contributed by atoms with E-state index in [1.165, 1.54) is 4.90 Å². The Morgan fingerprint density at radius 2 is 1.61 bits per heavy atom. The van der Waals surface area contributed by atoms with Gasteiger partial charge in [-0.05, 0) is 35.9 Å². The topological polar surface area (TPSA) is 62.3 Å². The van der Waals surface area contributed by atoms with Crippen LogP contribution in [0.5, 0.6) is 11.5 Å². The lowest BCUT2D eigenvalue weighted by atomic mass is 10.1. The maximum atomic E-state index is 13.5. The predicted molar refractivity (Wildman–Crippen MR) is 147 cm³/mol. The highest BCUT2D eigenvalue weighted by Crippen LogP contribution is 2.35. The van der Waals surface area contributed by atoms with Gasteiger partial charge in [0.15, 0.2) is 17.6 Å². The SMILES string of the molecule is O=C1c2cccc(N3CCN(C/C(Cl)=C/c4ccccc4)CC3)c2C(=O)N1C[C@@H]1COc2ccccc2O1. The van der Waals surface area contributed by atoms with Crippen LogP contribution in [0.2, 0.25) is 0 Å². The first kappa shape index (κ1) is 24.5. The molecule has 1 atom stereocenters. The van der Waals surface area contributed by atoms with Gasteiger partial charge >= 0.3 is 0 Å². The smallest absolute Gasteiger partial charge is 0.263 e. The molecule has 0 radical (unpaired) electrons. The van der Waals surface area contributed by atoms with E-state index in [2.05, 4.69) is 9.80 Å². The van der Waals surface area contributed by atoms with Crippen molar-refractivity contribution in [3.8, 4) is 11.5 Å². The number of piperazine rings is 1. The zero-order valence-electron chi connectivity index (χ0n) is 20.9. The zero-order valence-corrected chi connectivity index (χ0v) is 21.6. The summed E-state index contributed by atoms with van der Waals surface area (Å²) < 4.78 is 11.8. The van der Waals surface area contributed by atoms with Crippen molar-refractivity contribution in [3.05, 3.63) is 94.5 Å². The van der Waals surface area contributed by atoms with Crippen molar-refractivity contribution in [1.29, 1.82) is 0 Å². The van der Waals surface area contributed by atoms with Crippen LogP contribution in [0.15, 0.2) is 77.8 Å². The van der Waals surface area contributed by atoms with Crippen molar-refractivity contribution in [2.75, 3.05) is 50.8 Å². The Kier molecular flexibility index (Phi) is 6.79. The summed E-state index contributed by atoms with van der Waals surface area (Å²) in [6.07, 6.45) is 1.57. The first-order valence-corrected chi connectivity index (χ1v) is 13.2. The average molecular weight is 530 g/mol. The van der Waals surface area contributed by atoms with Gasteiger partial charge < -0.3 is 14.4 Å². The molecule has 3 aliphatic heterocycles. The third kappa shape index (κ3) is 4.87. The van der Waals surface area contributed by atoms with Gasteiger partial charge in [0.25, 0.3) is 11.8 Å². The molecule has 0 aromatic heterocycles. The molecule has 3 aromatic carbocycles. The van der Waals surface area contributed by atoms with E-state index < -0.39 is 6.10 Å². The summed E-state index contributed by atoms with van der Waals surface area (Å²) in [7, 11) is 0. The molecule has 0 bridgehead atoms. The third-order valence-corrected chi connectivity index (χ3v) is 7.37. The molecular weight excluding hydrogens is 502 g/mol. The second kappa shape index (κ2) is 10.5. The van der Waals surface area contributed by atoms with Crippen LogP contribution in [0.25, 0.3) is 6.08 Å². The fourth-order valence-electron chi connectivity index (χ4n) is 5.24. The zero-order chi connectivity index (χ0) is 26.1. The lowest BCUT2D eigenvalue weighted by molar-refractivity contribution is 0.0430. The fraction of sp³-hybridized carbons (Fsp3) is 0.267. The third-order valence-electron chi connectivity index (χ3n) is 7.14. The number of anilines is 1. The summed E-state index contributed by atoms with van der Waals surface area (Å²) >= 11 is 6.54. The number of amides is 2. The quantitative estimate of drug-likeness (QED) is 0.437. The van der Waals surface area contributed by atoms with Crippen molar-refractivity contribution in [2.45, 2.75) is 6.10 Å². The summed E-state index contributed by atoms with van der Waals surface area (Å²) in [6.45, 7) is 4.19. The van der Waals surface area contributed by atoms with Crippen LogP contribution < -0.4 is 14.4 Å². The number of halogens is 1. The predicted octanol–water partition coefficient (Wildman–Crippen LogP) is 4.52. The van der Waals surface area contributed by atoms with E-state index in [4.69, 9.17) is 21.1 Å². The Morgan fingerprint density at radius 3 is 2.39 bits per heavy atom.